The molecule has 1 aromatic carbocycles. The van der Waals surface area contributed by atoms with Crippen LogP contribution in [-0.4, -0.2) is 8.76 Å². The largest absolute Gasteiger partial charge is 0.289 e. The molecule has 0 saturated heterocycles. The summed E-state index contributed by atoms with van der Waals surface area (Å²) in [5.41, 5.74) is -0.0553. The van der Waals surface area contributed by atoms with Crippen LogP contribution in [-0.2, 0) is 11.3 Å². The van der Waals surface area contributed by atoms with E-state index in [4.69, 9.17) is 16.2 Å². The van der Waals surface area contributed by atoms with Crippen molar-refractivity contribution in [2.24, 2.45) is 0 Å². The Morgan fingerprint density at radius 2 is 2.25 bits per heavy atom. The second kappa shape index (κ2) is 3.84. The second-order valence-electron chi connectivity index (χ2n) is 1.98. The van der Waals surface area contributed by atoms with Crippen LogP contribution in [0, 0.1) is 5.82 Å². The van der Waals surface area contributed by atoms with Gasteiger partial charge in [-0.05, 0) is 18.2 Å². The van der Waals surface area contributed by atoms with Gasteiger partial charge in [-0.2, -0.15) is 0 Å². The van der Waals surface area contributed by atoms with E-state index >= 15 is 0 Å². The van der Waals surface area contributed by atoms with Gasteiger partial charge in [0.1, 0.15) is 5.82 Å². The van der Waals surface area contributed by atoms with Crippen molar-refractivity contribution < 1.29 is 13.2 Å². The highest BCUT2D eigenvalue weighted by molar-refractivity contribution is 7.80. The minimum absolute atomic E-state index is 0.0553. The Morgan fingerprint density at radius 1 is 1.58 bits per heavy atom. The number of hydrogen-bond acceptors (Lipinski definition) is 1. The SMILES string of the molecule is O=S(O)Nc1ccc(Cl)cc1F. The summed E-state index contributed by atoms with van der Waals surface area (Å²) in [4.78, 5) is 0. The molecule has 0 aliphatic heterocycles. The van der Waals surface area contributed by atoms with Crippen molar-refractivity contribution in [2.75, 3.05) is 4.72 Å². The second-order valence-corrected chi connectivity index (χ2v) is 3.11. The minimum Gasteiger partial charge on any atom is -0.289 e. The zero-order chi connectivity index (χ0) is 9.14. The fourth-order valence-corrected chi connectivity index (χ4v) is 1.18. The van der Waals surface area contributed by atoms with Gasteiger partial charge in [-0.25, -0.2) is 8.60 Å². The topological polar surface area (TPSA) is 49.3 Å². The van der Waals surface area contributed by atoms with Gasteiger partial charge < -0.3 is 0 Å². The molecule has 12 heavy (non-hydrogen) atoms. The van der Waals surface area contributed by atoms with Crippen molar-refractivity contribution in [3.63, 3.8) is 0 Å². The zero-order valence-corrected chi connectivity index (χ0v) is 7.32. The third-order valence-corrected chi connectivity index (χ3v) is 1.76. The Kier molecular flexibility index (Phi) is 3.02. The summed E-state index contributed by atoms with van der Waals surface area (Å²) < 4.78 is 33.4. The maximum absolute atomic E-state index is 12.8. The third kappa shape index (κ3) is 2.44. The van der Waals surface area contributed by atoms with Crippen LogP contribution in [0.3, 0.4) is 0 Å². The lowest BCUT2D eigenvalue weighted by atomic mass is 10.3. The normalized spacial score (nSPS) is 12.6. The molecule has 0 amide bonds. The van der Waals surface area contributed by atoms with Crippen LogP contribution in [0.5, 0.6) is 0 Å². The maximum Gasteiger partial charge on any atom is 0.259 e. The number of nitrogens with one attached hydrogen (secondary N) is 1. The molecule has 0 radical (unpaired) electrons. The smallest absolute Gasteiger partial charge is 0.259 e. The summed E-state index contributed by atoms with van der Waals surface area (Å²) in [6, 6.07) is 3.75. The van der Waals surface area contributed by atoms with E-state index in [1.54, 1.807) is 0 Å². The highest BCUT2D eigenvalue weighted by Gasteiger charge is 2.03. The van der Waals surface area contributed by atoms with Crippen LogP contribution < -0.4 is 4.72 Å². The van der Waals surface area contributed by atoms with Crippen molar-refractivity contribution in [3.8, 4) is 0 Å². The molecule has 66 valence electrons. The van der Waals surface area contributed by atoms with E-state index in [0.29, 0.717) is 0 Å². The summed E-state index contributed by atoms with van der Waals surface area (Å²) in [6.45, 7) is 0. The maximum atomic E-state index is 12.8. The number of benzene rings is 1. The van der Waals surface area contributed by atoms with Crippen molar-refractivity contribution in [2.45, 2.75) is 0 Å². The summed E-state index contributed by atoms with van der Waals surface area (Å²) in [5.74, 6) is -0.662. The Balaban J connectivity index is 2.93. The Labute approximate surface area is 76.0 Å². The molecule has 1 rings (SSSR count). The molecule has 2 N–H and O–H groups in total. The first-order chi connectivity index (χ1) is 5.59. The first-order valence-electron chi connectivity index (χ1n) is 2.92. The van der Waals surface area contributed by atoms with Gasteiger partial charge in [-0.1, -0.05) is 11.6 Å². The van der Waals surface area contributed by atoms with Crippen LogP contribution in [0.2, 0.25) is 5.02 Å². The number of halogens is 2. The zero-order valence-electron chi connectivity index (χ0n) is 5.75. The lowest BCUT2D eigenvalue weighted by Crippen LogP contribution is -2.03. The molecule has 6 heteroatoms. The van der Waals surface area contributed by atoms with E-state index in [1.165, 1.54) is 12.1 Å². The average molecular weight is 210 g/mol. The lowest BCUT2D eigenvalue weighted by Gasteiger charge is -2.01. The molecular formula is C6H5ClFNO2S. The molecule has 0 aromatic heterocycles. The molecule has 0 spiro atoms. The van der Waals surface area contributed by atoms with Gasteiger partial charge in [0.05, 0.1) is 5.69 Å². The van der Waals surface area contributed by atoms with E-state index in [2.05, 4.69) is 0 Å². The molecule has 0 aliphatic rings. The fraction of sp³-hybridized carbons (Fsp3) is 0. The van der Waals surface area contributed by atoms with Crippen LogP contribution in [0.25, 0.3) is 0 Å². The summed E-state index contributed by atoms with van der Waals surface area (Å²) in [6.07, 6.45) is 0. The first kappa shape index (κ1) is 9.44. The highest BCUT2D eigenvalue weighted by atomic mass is 35.5. The molecule has 3 nitrogen and oxygen atoms in total. The average Bonchev–Trinajstić information content (AvgIpc) is 1.94. The molecule has 0 fully saturated rings. The van der Waals surface area contributed by atoms with E-state index < -0.39 is 17.1 Å². The van der Waals surface area contributed by atoms with Gasteiger partial charge >= 0.3 is 0 Å². The van der Waals surface area contributed by atoms with Crippen molar-refractivity contribution in [3.05, 3.63) is 29.0 Å². The third-order valence-electron chi connectivity index (χ3n) is 1.13. The predicted octanol–water partition coefficient (Wildman–Crippen LogP) is 2.03. The van der Waals surface area contributed by atoms with Gasteiger partial charge in [-0.15, -0.1) is 0 Å². The van der Waals surface area contributed by atoms with Crippen LogP contribution >= 0.6 is 11.6 Å². The van der Waals surface area contributed by atoms with Crippen LogP contribution in [0.4, 0.5) is 10.1 Å². The molecule has 0 aliphatic carbocycles. The van der Waals surface area contributed by atoms with E-state index in [9.17, 15) is 8.60 Å². The van der Waals surface area contributed by atoms with Crippen LogP contribution in [0.15, 0.2) is 18.2 Å². The van der Waals surface area contributed by atoms with E-state index in [1.807, 2.05) is 4.72 Å². The van der Waals surface area contributed by atoms with Crippen molar-refractivity contribution in [1.29, 1.82) is 0 Å². The lowest BCUT2D eigenvalue weighted by molar-refractivity contribution is 0.568. The minimum atomic E-state index is -2.27. The molecule has 1 unspecified atom stereocenters. The van der Waals surface area contributed by atoms with Gasteiger partial charge in [0.25, 0.3) is 11.3 Å². The summed E-state index contributed by atoms with van der Waals surface area (Å²) in [7, 11) is 0. The van der Waals surface area contributed by atoms with Gasteiger partial charge in [-0.3, -0.25) is 9.27 Å². The fourth-order valence-electron chi connectivity index (χ4n) is 0.666. The number of rotatable bonds is 2. The molecule has 1 atom stereocenters. The molecule has 0 heterocycles. The molecular weight excluding hydrogens is 205 g/mol. The van der Waals surface area contributed by atoms with Gasteiger partial charge in [0.2, 0.25) is 0 Å². The number of anilines is 1. The Morgan fingerprint density at radius 3 is 2.75 bits per heavy atom. The molecule has 1 aromatic rings. The Hall–Kier alpha value is -0.650. The first-order valence-corrected chi connectivity index (χ1v) is 4.40. The molecule has 0 bridgehead atoms. The monoisotopic (exact) mass is 209 g/mol. The van der Waals surface area contributed by atoms with E-state index in [-0.39, 0.29) is 10.7 Å². The highest BCUT2D eigenvalue weighted by Crippen LogP contribution is 2.18. The van der Waals surface area contributed by atoms with Crippen molar-refractivity contribution in [1.82, 2.24) is 0 Å². The standard InChI is InChI=1S/C6H5ClFNO2S/c7-4-1-2-6(5(8)3-4)9-12(10)11/h1-3,9H,(H,10,11). The van der Waals surface area contributed by atoms with Gasteiger partial charge in [0, 0.05) is 5.02 Å². The number of hydrogen-bond donors (Lipinski definition) is 2. The summed E-state index contributed by atoms with van der Waals surface area (Å²) >= 11 is 3.18. The Bertz CT molecular complexity index is 320. The predicted molar refractivity (Wildman–Crippen MR) is 45.8 cm³/mol. The van der Waals surface area contributed by atoms with Gasteiger partial charge in [0.15, 0.2) is 0 Å². The summed E-state index contributed by atoms with van der Waals surface area (Å²) in [5, 5.41) is 0.238. The van der Waals surface area contributed by atoms with E-state index in [0.717, 1.165) is 6.07 Å². The molecule has 0 saturated carbocycles. The van der Waals surface area contributed by atoms with Crippen molar-refractivity contribution >= 4 is 28.6 Å². The quantitative estimate of drug-likeness (QED) is 0.733. The van der Waals surface area contributed by atoms with Crippen LogP contribution in [0.1, 0.15) is 0 Å².